The van der Waals surface area contributed by atoms with Crippen LogP contribution in [0, 0.1) is 0 Å². The molecule has 1 aliphatic rings. The molecule has 0 bridgehead atoms. The first kappa shape index (κ1) is 13.4. The molecule has 0 radical (unpaired) electrons. The highest BCUT2D eigenvalue weighted by molar-refractivity contribution is 5.81. The number of hydrogen-bond acceptors (Lipinski definition) is 4. The van der Waals surface area contributed by atoms with Gasteiger partial charge in [-0.1, -0.05) is 18.2 Å². The number of rotatable bonds is 4. The SMILES string of the molecule is COC(=O)CCC(=O)N[C@@H]1CCOc2ccccc21. The van der Waals surface area contributed by atoms with Crippen molar-refractivity contribution in [3.8, 4) is 5.75 Å². The maximum atomic E-state index is 11.8. The summed E-state index contributed by atoms with van der Waals surface area (Å²) < 4.78 is 10.0. The molecule has 0 aromatic heterocycles. The molecule has 0 fully saturated rings. The van der Waals surface area contributed by atoms with Gasteiger partial charge in [-0.2, -0.15) is 0 Å². The topological polar surface area (TPSA) is 64.6 Å². The van der Waals surface area contributed by atoms with Gasteiger partial charge in [0.05, 0.1) is 26.2 Å². The van der Waals surface area contributed by atoms with E-state index in [9.17, 15) is 9.59 Å². The standard InChI is InChI=1S/C14H17NO4/c1-18-14(17)7-6-13(16)15-11-8-9-19-12-5-3-2-4-10(11)12/h2-5,11H,6-9H2,1H3,(H,15,16)/t11-/m1/s1. The fraction of sp³-hybridized carbons (Fsp3) is 0.429. The summed E-state index contributed by atoms with van der Waals surface area (Å²) in [5.74, 6) is 0.293. The molecular formula is C14H17NO4. The van der Waals surface area contributed by atoms with E-state index in [1.54, 1.807) is 0 Å². The van der Waals surface area contributed by atoms with Crippen molar-refractivity contribution in [1.29, 1.82) is 0 Å². The van der Waals surface area contributed by atoms with Crippen LogP contribution in [0.4, 0.5) is 0 Å². The Bertz CT molecular complexity index is 472. The number of carbonyl (C=O) groups is 2. The summed E-state index contributed by atoms with van der Waals surface area (Å²) in [6, 6.07) is 7.61. The largest absolute Gasteiger partial charge is 0.493 e. The Balaban J connectivity index is 1.93. The number of hydrogen-bond donors (Lipinski definition) is 1. The summed E-state index contributed by atoms with van der Waals surface area (Å²) in [5, 5.41) is 2.93. The maximum absolute atomic E-state index is 11.8. The molecule has 5 nitrogen and oxygen atoms in total. The summed E-state index contributed by atoms with van der Waals surface area (Å²) in [7, 11) is 1.31. The molecule has 5 heteroatoms. The lowest BCUT2D eigenvalue weighted by Gasteiger charge is -2.26. The van der Waals surface area contributed by atoms with Crippen LogP contribution in [0.5, 0.6) is 5.75 Å². The molecule has 19 heavy (non-hydrogen) atoms. The molecule has 1 atom stereocenters. The van der Waals surface area contributed by atoms with E-state index in [0.29, 0.717) is 6.61 Å². The number of carbonyl (C=O) groups excluding carboxylic acids is 2. The van der Waals surface area contributed by atoms with E-state index in [4.69, 9.17) is 4.74 Å². The lowest BCUT2D eigenvalue weighted by molar-refractivity contribution is -0.142. The van der Waals surface area contributed by atoms with Crippen molar-refractivity contribution in [2.45, 2.75) is 25.3 Å². The predicted molar refractivity (Wildman–Crippen MR) is 68.7 cm³/mol. The van der Waals surface area contributed by atoms with E-state index in [1.165, 1.54) is 7.11 Å². The average Bonchev–Trinajstić information content (AvgIpc) is 2.45. The molecule has 0 spiro atoms. The van der Waals surface area contributed by atoms with Crippen molar-refractivity contribution in [2.24, 2.45) is 0 Å². The smallest absolute Gasteiger partial charge is 0.306 e. The summed E-state index contributed by atoms with van der Waals surface area (Å²) in [6.45, 7) is 0.582. The highest BCUT2D eigenvalue weighted by atomic mass is 16.5. The zero-order valence-corrected chi connectivity index (χ0v) is 10.8. The van der Waals surface area contributed by atoms with Crippen LogP contribution in [0.15, 0.2) is 24.3 Å². The first-order valence-corrected chi connectivity index (χ1v) is 6.28. The van der Waals surface area contributed by atoms with Gasteiger partial charge in [-0.05, 0) is 6.07 Å². The maximum Gasteiger partial charge on any atom is 0.306 e. The van der Waals surface area contributed by atoms with E-state index in [1.807, 2.05) is 24.3 Å². The molecule has 1 aromatic carbocycles. The number of nitrogens with one attached hydrogen (secondary N) is 1. The first-order chi connectivity index (χ1) is 9.20. The normalized spacial score (nSPS) is 17.0. The molecule has 0 aliphatic carbocycles. The number of benzene rings is 1. The van der Waals surface area contributed by atoms with Gasteiger partial charge in [-0.3, -0.25) is 9.59 Å². The molecule has 0 saturated carbocycles. The molecule has 2 rings (SSSR count). The van der Waals surface area contributed by atoms with Crippen LogP contribution in [-0.2, 0) is 14.3 Å². The lowest BCUT2D eigenvalue weighted by Crippen LogP contribution is -2.32. The monoisotopic (exact) mass is 263 g/mol. The molecule has 0 saturated heterocycles. The minimum absolute atomic E-state index is 0.0462. The van der Waals surface area contributed by atoms with Gasteiger partial charge in [0, 0.05) is 18.4 Å². The Morgan fingerprint density at radius 1 is 1.37 bits per heavy atom. The van der Waals surface area contributed by atoms with E-state index in [0.717, 1.165) is 17.7 Å². The van der Waals surface area contributed by atoms with Gasteiger partial charge in [0.1, 0.15) is 5.75 Å². The lowest BCUT2D eigenvalue weighted by atomic mass is 10.0. The van der Waals surface area contributed by atoms with Gasteiger partial charge >= 0.3 is 5.97 Å². The predicted octanol–water partition coefficient (Wildman–Crippen LogP) is 1.58. The van der Waals surface area contributed by atoms with Crippen LogP contribution in [0.25, 0.3) is 0 Å². The second-order valence-electron chi connectivity index (χ2n) is 4.37. The summed E-state index contributed by atoms with van der Waals surface area (Å²) in [6.07, 6.45) is 0.986. The van der Waals surface area contributed by atoms with Gasteiger partial charge in [0.2, 0.25) is 5.91 Å². The van der Waals surface area contributed by atoms with Crippen molar-refractivity contribution in [3.63, 3.8) is 0 Å². The number of esters is 1. The first-order valence-electron chi connectivity index (χ1n) is 6.28. The molecule has 1 N–H and O–H groups in total. The van der Waals surface area contributed by atoms with Gasteiger partial charge < -0.3 is 14.8 Å². The highest BCUT2D eigenvalue weighted by Gasteiger charge is 2.22. The molecular weight excluding hydrogens is 246 g/mol. The molecule has 1 amide bonds. The third kappa shape index (κ3) is 3.47. The molecule has 1 aliphatic heterocycles. The van der Waals surface area contributed by atoms with E-state index < -0.39 is 0 Å². The van der Waals surface area contributed by atoms with Crippen LogP contribution in [-0.4, -0.2) is 25.6 Å². The van der Waals surface area contributed by atoms with Crippen LogP contribution in [0.1, 0.15) is 30.9 Å². The number of para-hydroxylation sites is 1. The summed E-state index contributed by atoms with van der Waals surface area (Å²) >= 11 is 0. The quantitative estimate of drug-likeness (QED) is 0.838. The Hall–Kier alpha value is -2.04. The summed E-state index contributed by atoms with van der Waals surface area (Å²) in [4.78, 5) is 22.8. The second-order valence-corrected chi connectivity index (χ2v) is 4.37. The number of methoxy groups -OCH3 is 1. The minimum atomic E-state index is -0.373. The van der Waals surface area contributed by atoms with Crippen LogP contribution in [0.2, 0.25) is 0 Å². The van der Waals surface area contributed by atoms with E-state index >= 15 is 0 Å². The second kappa shape index (κ2) is 6.22. The Morgan fingerprint density at radius 2 is 2.16 bits per heavy atom. The van der Waals surface area contributed by atoms with E-state index in [2.05, 4.69) is 10.1 Å². The van der Waals surface area contributed by atoms with Crippen LogP contribution in [0.3, 0.4) is 0 Å². The zero-order valence-electron chi connectivity index (χ0n) is 10.8. The molecule has 1 aromatic rings. The Labute approximate surface area is 111 Å². The fourth-order valence-corrected chi connectivity index (χ4v) is 2.08. The Kier molecular flexibility index (Phi) is 4.39. The Morgan fingerprint density at radius 3 is 2.95 bits per heavy atom. The van der Waals surface area contributed by atoms with Gasteiger partial charge in [-0.15, -0.1) is 0 Å². The molecule has 0 unspecified atom stereocenters. The average molecular weight is 263 g/mol. The van der Waals surface area contributed by atoms with Crippen molar-refractivity contribution in [1.82, 2.24) is 5.32 Å². The van der Waals surface area contributed by atoms with Crippen molar-refractivity contribution in [3.05, 3.63) is 29.8 Å². The van der Waals surface area contributed by atoms with E-state index in [-0.39, 0.29) is 30.8 Å². The third-order valence-electron chi connectivity index (χ3n) is 3.08. The number of amides is 1. The fourth-order valence-electron chi connectivity index (χ4n) is 2.08. The minimum Gasteiger partial charge on any atom is -0.493 e. The van der Waals surface area contributed by atoms with Crippen molar-refractivity contribution >= 4 is 11.9 Å². The third-order valence-corrected chi connectivity index (χ3v) is 3.08. The van der Waals surface area contributed by atoms with Crippen LogP contribution >= 0.6 is 0 Å². The van der Waals surface area contributed by atoms with Crippen molar-refractivity contribution in [2.75, 3.05) is 13.7 Å². The van der Waals surface area contributed by atoms with Gasteiger partial charge in [-0.25, -0.2) is 0 Å². The number of ether oxygens (including phenoxy) is 2. The van der Waals surface area contributed by atoms with Crippen molar-refractivity contribution < 1.29 is 19.1 Å². The highest BCUT2D eigenvalue weighted by Crippen LogP contribution is 2.31. The van der Waals surface area contributed by atoms with Gasteiger partial charge in [0.25, 0.3) is 0 Å². The summed E-state index contributed by atoms with van der Waals surface area (Å²) in [5.41, 5.74) is 0.986. The molecule has 1 heterocycles. The zero-order chi connectivity index (χ0) is 13.7. The number of fused-ring (bicyclic) bond motifs is 1. The van der Waals surface area contributed by atoms with Gasteiger partial charge in [0.15, 0.2) is 0 Å². The molecule has 102 valence electrons. The van der Waals surface area contributed by atoms with Crippen LogP contribution < -0.4 is 10.1 Å².